The Morgan fingerprint density at radius 2 is 0.703 bits per heavy atom. The van der Waals surface area contributed by atoms with Crippen LogP contribution >= 0.6 is 0 Å². The molecule has 0 atom stereocenters. The van der Waals surface area contributed by atoms with E-state index >= 15 is 0 Å². The second-order valence-electron chi connectivity index (χ2n) is 19.0. The molecule has 0 N–H and O–H groups in total. The van der Waals surface area contributed by atoms with Gasteiger partial charge in [-0.1, -0.05) is 218 Å². The Balaban J connectivity index is 0.809. The van der Waals surface area contributed by atoms with Crippen LogP contribution in [0.4, 0.5) is 0 Å². The lowest BCUT2D eigenvalue weighted by atomic mass is 9.89. The van der Waals surface area contributed by atoms with E-state index in [9.17, 15) is 5.26 Å². The van der Waals surface area contributed by atoms with Crippen LogP contribution in [0.1, 0.15) is 5.56 Å². The Hall–Kier alpha value is -10.1. The number of fused-ring (bicyclic) bond motifs is 6. The SMILES string of the molecule is N#Cc1ccc(-c2cccc(-c3ccc(-c4nc(-c5ccccc5)nc(-c5cccc(-c6cc7ccccc7c7ccccc67)c5)n4)cc3)c2)c(-c2cccc(-c3ccc4c5c(cccc35)-c3ccccc3-4)c2)c1. The fraction of sp³-hybridized carbons (Fsp3) is 0. The van der Waals surface area contributed by atoms with Crippen molar-refractivity contribution in [2.24, 2.45) is 0 Å². The predicted octanol–water partition coefficient (Wildman–Crippen LogP) is 18.2. The highest BCUT2D eigenvalue weighted by Crippen LogP contribution is 2.49. The summed E-state index contributed by atoms with van der Waals surface area (Å²) in [6, 6.07) is 92.4. The quantitative estimate of drug-likeness (QED) is 0.142. The van der Waals surface area contributed by atoms with Gasteiger partial charge in [-0.2, -0.15) is 5.26 Å². The van der Waals surface area contributed by atoms with Crippen LogP contribution in [0.25, 0.3) is 144 Å². The Morgan fingerprint density at radius 3 is 1.45 bits per heavy atom. The van der Waals surface area contributed by atoms with E-state index in [0.29, 0.717) is 23.0 Å². The number of nitriles is 1. The largest absolute Gasteiger partial charge is 0.208 e. The molecular formula is C70H42N4. The lowest BCUT2D eigenvalue weighted by Gasteiger charge is -2.15. The minimum Gasteiger partial charge on any atom is -0.208 e. The van der Waals surface area contributed by atoms with Gasteiger partial charge in [0.15, 0.2) is 17.5 Å². The first-order valence-electron chi connectivity index (χ1n) is 25.0. The van der Waals surface area contributed by atoms with Crippen molar-refractivity contribution in [2.45, 2.75) is 0 Å². The molecule has 0 spiro atoms. The number of nitrogens with zero attached hydrogens (tertiary/aromatic N) is 4. The van der Waals surface area contributed by atoms with Gasteiger partial charge in [-0.25, -0.2) is 15.0 Å². The van der Waals surface area contributed by atoms with Crippen molar-refractivity contribution in [2.75, 3.05) is 0 Å². The van der Waals surface area contributed by atoms with Gasteiger partial charge in [-0.15, -0.1) is 0 Å². The van der Waals surface area contributed by atoms with Gasteiger partial charge in [0.1, 0.15) is 0 Å². The summed E-state index contributed by atoms with van der Waals surface area (Å²) in [6.45, 7) is 0. The highest BCUT2D eigenvalue weighted by molar-refractivity contribution is 6.19. The molecule has 0 amide bonds. The molecule has 14 rings (SSSR count). The third-order valence-corrected chi connectivity index (χ3v) is 14.7. The summed E-state index contributed by atoms with van der Waals surface area (Å²) in [5.74, 6) is 1.82. The van der Waals surface area contributed by atoms with Crippen molar-refractivity contribution in [3.05, 3.63) is 260 Å². The van der Waals surface area contributed by atoms with E-state index < -0.39 is 0 Å². The van der Waals surface area contributed by atoms with Crippen LogP contribution in [-0.2, 0) is 0 Å². The van der Waals surface area contributed by atoms with Crippen LogP contribution in [0.3, 0.4) is 0 Å². The second kappa shape index (κ2) is 17.6. The van der Waals surface area contributed by atoms with E-state index in [1.165, 1.54) is 65.7 Å². The van der Waals surface area contributed by atoms with Crippen LogP contribution in [0, 0.1) is 11.3 Å². The highest BCUT2D eigenvalue weighted by atomic mass is 15.0. The Morgan fingerprint density at radius 1 is 0.243 bits per heavy atom. The molecule has 0 bridgehead atoms. The maximum Gasteiger partial charge on any atom is 0.164 e. The second-order valence-corrected chi connectivity index (χ2v) is 19.0. The topological polar surface area (TPSA) is 62.5 Å². The molecule has 0 aliphatic heterocycles. The number of rotatable bonds is 8. The molecule has 1 aromatic heterocycles. The van der Waals surface area contributed by atoms with Gasteiger partial charge in [0.25, 0.3) is 0 Å². The average molecular weight is 939 g/mol. The van der Waals surface area contributed by atoms with Gasteiger partial charge < -0.3 is 0 Å². The molecule has 342 valence electrons. The normalized spacial score (nSPS) is 11.5. The fourth-order valence-corrected chi connectivity index (χ4v) is 11.2. The zero-order valence-electron chi connectivity index (χ0n) is 40.0. The van der Waals surface area contributed by atoms with Crippen LogP contribution in [0.5, 0.6) is 0 Å². The minimum atomic E-state index is 0.599. The first-order chi connectivity index (χ1) is 36.6. The van der Waals surface area contributed by atoms with E-state index in [1.54, 1.807) is 0 Å². The molecule has 13 aromatic rings. The van der Waals surface area contributed by atoms with Crippen LogP contribution in [0.2, 0.25) is 0 Å². The van der Waals surface area contributed by atoms with E-state index in [0.717, 1.165) is 61.2 Å². The summed E-state index contributed by atoms with van der Waals surface area (Å²) in [4.78, 5) is 15.3. The number of hydrogen-bond acceptors (Lipinski definition) is 4. The molecule has 0 fully saturated rings. The van der Waals surface area contributed by atoms with Crippen molar-refractivity contribution < 1.29 is 0 Å². The Labute approximate surface area is 428 Å². The molecule has 4 nitrogen and oxygen atoms in total. The summed E-state index contributed by atoms with van der Waals surface area (Å²) < 4.78 is 0. The van der Waals surface area contributed by atoms with Crippen LogP contribution in [0.15, 0.2) is 255 Å². The first kappa shape index (κ1) is 42.8. The minimum absolute atomic E-state index is 0.599. The standard InChI is InChI=1S/C70H42N4/c71-43-44-30-35-57(65(38-44)51-20-11-19-50(40-51)56-36-37-64-60-26-8-7-25-59(60)63-29-13-28-62(56)67(63)64)49-18-10-17-48(39-49)45-31-33-47(34-32-45)69-72-68(46-14-2-1-3-15-46)73-70(74-69)54-22-12-21-52(41-54)66-42-53-16-4-5-23-55(53)58-24-6-9-27-61(58)66/h1-42H. The van der Waals surface area contributed by atoms with Crippen LogP contribution < -0.4 is 0 Å². The third-order valence-electron chi connectivity index (χ3n) is 14.7. The van der Waals surface area contributed by atoms with E-state index in [-0.39, 0.29) is 0 Å². The first-order valence-corrected chi connectivity index (χ1v) is 25.0. The van der Waals surface area contributed by atoms with E-state index in [4.69, 9.17) is 15.0 Å². The van der Waals surface area contributed by atoms with Gasteiger partial charge in [0.2, 0.25) is 0 Å². The lowest BCUT2D eigenvalue weighted by Crippen LogP contribution is -2.00. The fourth-order valence-electron chi connectivity index (χ4n) is 11.2. The summed E-state index contributed by atoms with van der Waals surface area (Å²) >= 11 is 0. The highest BCUT2D eigenvalue weighted by Gasteiger charge is 2.23. The zero-order valence-corrected chi connectivity index (χ0v) is 40.0. The molecule has 1 heterocycles. The Bertz CT molecular complexity index is 4400. The summed E-state index contributed by atoms with van der Waals surface area (Å²) in [6.07, 6.45) is 0. The molecule has 12 aromatic carbocycles. The van der Waals surface area contributed by atoms with Crippen molar-refractivity contribution in [3.8, 4) is 118 Å². The molecule has 0 unspecified atom stereocenters. The molecule has 74 heavy (non-hydrogen) atoms. The van der Waals surface area contributed by atoms with Gasteiger partial charge >= 0.3 is 0 Å². The summed E-state index contributed by atoms with van der Waals surface area (Å²) in [7, 11) is 0. The molecule has 1 aliphatic rings. The van der Waals surface area contributed by atoms with Gasteiger partial charge in [0, 0.05) is 16.7 Å². The molecular weight excluding hydrogens is 897 g/mol. The van der Waals surface area contributed by atoms with E-state index in [1.807, 2.05) is 42.5 Å². The number of aromatic nitrogens is 3. The maximum atomic E-state index is 10.2. The van der Waals surface area contributed by atoms with Crippen molar-refractivity contribution in [1.82, 2.24) is 15.0 Å². The van der Waals surface area contributed by atoms with Gasteiger partial charge in [-0.3, -0.25) is 0 Å². The molecule has 0 saturated carbocycles. The van der Waals surface area contributed by atoms with Crippen molar-refractivity contribution in [3.63, 3.8) is 0 Å². The van der Waals surface area contributed by atoms with Crippen molar-refractivity contribution >= 4 is 32.3 Å². The molecule has 1 aliphatic carbocycles. The monoisotopic (exact) mass is 938 g/mol. The molecule has 0 saturated heterocycles. The predicted molar refractivity (Wildman–Crippen MR) is 305 cm³/mol. The van der Waals surface area contributed by atoms with E-state index in [2.05, 4.69) is 218 Å². The molecule has 0 radical (unpaired) electrons. The zero-order chi connectivity index (χ0) is 49.1. The average Bonchev–Trinajstić information content (AvgIpc) is 3.81. The summed E-state index contributed by atoms with van der Waals surface area (Å²) in [5, 5.41) is 17.6. The maximum absolute atomic E-state index is 10.2. The smallest absolute Gasteiger partial charge is 0.164 e. The van der Waals surface area contributed by atoms with Gasteiger partial charge in [-0.05, 0) is 147 Å². The summed E-state index contributed by atoms with van der Waals surface area (Å²) in [5.41, 5.74) is 19.4. The van der Waals surface area contributed by atoms with Gasteiger partial charge in [0.05, 0.1) is 11.6 Å². The Kier molecular flexibility index (Phi) is 10.2. The third kappa shape index (κ3) is 7.34. The van der Waals surface area contributed by atoms with Crippen molar-refractivity contribution in [1.29, 1.82) is 5.26 Å². The number of hydrogen-bond donors (Lipinski definition) is 0. The lowest BCUT2D eigenvalue weighted by molar-refractivity contribution is 1.07. The van der Waals surface area contributed by atoms with Crippen LogP contribution in [-0.4, -0.2) is 15.0 Å². The molecule has 4 heteroatoms. The number of benzene rings is 12.